The van der Waals surface area contributed by atoms with Crippen molar-refractivity contribution < 1.29 is 9.18 Å². The Morgan fingerprint density at radius 2 is 2.18 bits per heavy atom. The molecule has 0 aliphatic carbocycles. The summed E-state index contributed by atoms with van der Waals surface area (Å²) < 4.78 is 13.0. The first-order chi connectivity index (χ1) is 10.6. The number of hydrogen-bond donors (Lipinski definition) is 1. The Morgan fingerprint density at radius 1 is 1.41 bits per heavy atom. The largest absolute Gasteiger partial charge is 0.375 e. The Balaban J connectivity index is 1.64. The molecule has 1 aromatic heterocycles. The van der Waals surface area contributed by atoms with Crippen molar-refractivity contribution in [3.05, 3.63) is 46.7 Å². The molecule has 2 N–H and O–H groups in total. The molecule has 1 unspecified atom stereocenters. The summed E-state index contributed by atoms with van der Waals surface area (Å²) >= 11 is 1.49. The molecule has 1 saturated heterocycles. The molecule has 1 aromatic carbocycles. The van der Waals surface area contributed by atoms with Crippen LogP contribution >= 0.6 is 11.3 Å². The predicted octanol–water partition coefficient (Wildman–Crippen LogP) is 2.96. The number of Topliss-reactive ketones (excluding diaryl/α,β-unsaturated/α-hetero) is 1. The smallest absolute Gasteiger partial charge is 0.180 e. The van der Waals surface area contributed by atoms with E-state index in [-0.39, 0.29) is 17.5 Å². The quantitative estimate of drug-likeness (QED) is 0.880. The number of nitrogen functional groups attached to an aromatic ring is 1. The molecule has 1 aliphatic heterocycles. The zero-order valence-corrected chi connectivity index (χ0v) is 13.0. The van der Waals surface area contributed by atoms with Crippen LogP contribution in [0.25, 0.3) is 0 Å². The van der Waals surface area contributed by atoms with Crippen molar-refractivity contribution in [2.75, 3.05) is 18.8 Å². The maximum Gasteiger partial charge on any atom is 0.180 e. The first kappa shape index (κ1) is 15.1. The molecule has 2 heterocycles. The standard InChI is InChI=1S/C16H18FN3OS/c17-13-5-3-11(4-6-13)15(21)12-2-1-7-20(9-12)10-14-8-19-16(18)22-14/h3-6,8,12H,1-2,7,9-10H2,(H2,18,19). The molecular weight excluding hydrogens is 301 g/mol. The Hall–Kier alpha value is -1.79. The zero-order valence-electron chi connectivity index (χ0n) is 12.2. The molecule has 116 valence electrons. The van der Waals surface area contributed by atoms with Gasteiger partial charge in [0.15, 0.2) is 10.9 Å². The second kappa shape index (κ2) is 6.54. The normalized spacial score (nSPS) is 19.2. The van der Waals surface area contributed by atoms with Gasteiger partial charge in [0.05, 0.1) is 0 Å². The number of nitrogens with two attached hydrogens (primary N) is 1. The van der Waals surface area contributed by atoms with Crippen LogP contribution in [0.15, 0.2) is 30.5 Å². The van der Waals surface area contributed by atoms with Gasteiger partial charge in [-0.05, 0) is 43.7 Å². The number of rotatable bonds is 4. The molecule has 0 saturated carbocycles. The van der Waals surface area contributed by atoms with Crippen LogP contribution in [-0.4, -0.2) is 28.8 Å². The number of carbonyl (C=O) groups excluding carboxylic acids is 1. The average molecular weight is 319 g/mol. The minimum Gasteiger partial charge on any atom is -0.375 e. The van der Waals surface area contributed by atoms with Gasteiger partial charge in [-0.3, -0.25) is 9.69 Å². The van der Waals surface area contributed by atoms with Crippen LogP contribution in [0.2, 0.25) is 0 Å². The van der Waals surface area contributed by atoms with E-state index in [1.54, 1.807) is 18.3 Å². The number of halogens is 1. The van der Waals surface area contributed by atoms with Crippen LogP contribution in [0.1, 0.15) is 28.1 Å². The summed E-state index contributed by atoms with van der Waals surface area (Å²) in [5.41, 5.74) is 6.24. The van der Waals surface area contributed by atoms with E-state index in [1.807, 2.05) is 0 Å². The highest BCUT2D eigenvalue weighted by molar-refractivity contribution is 7.15. The van der Waals surface area contributed by atoms with Crippen molar-refractivity contribution in [2.24, 2.45) is 5.92 Å². The fourth-order valence-corrected chi connectivity index (χ4v) is 3.61. The summed E-state index contributed by atoms with van der Waals surface area (Å²) in [5, 5.41) is 0.575. The number of likely N-dealkylation sites (tertiary alicyclic amines) is 1. The van der Waals surface area contributed by atoms with E-state index in [0.29, 0.717) is 10.7 Å². The number of carbonyl (C=O) groups is 1. The van der Waals surface area contributed by atoms with Gasteiger partial charge < -0.3 is 5.73 Å². The predicted molar refractivity (Wildman–Crippen MR) is 85.3 cm³/mol. The van der Waals surface area contributed by atoms with Crippen molar-refractivity contribution in [2.45, 2.75) is 19.4 Å². The number of aromatic nitrogens is 1. The molecule has 4 nitrogen and oxygen atoms in total. The Labute approximate surface area is 132 Å². The highest BCUT2D eigenvalue weighted by atomic mass is 32.1. The molecule has 0 amide bonds. The summed E-state index contributed by atoms with van der Waals surface area (Å²) in [7, 11) is 0. The number of anilines is 1. The number of ketones is 1. The minimum absolute atomic E-state index is 0.0236. The van der Waals surface area contributed by atoms with Crippen LogP contribution in [0.4, 0.5) is 9.52 Å². The van der Waals surface area contributed by atoms with E-state index in [2.05, 4.69) is 9.88 Å². The number of nitrogens with zero attached hydrogens (tertiary/aromatic N) is 2. The third-order valence-corrected chi connectivity index (χ3v) is 4.77. The highest BCUT2D eigenvalue weighted by Crippen LogP contribution is 2.24. The van der Waals surface area contributed by atoms with Crippen LogP contribution in [0, 0.1) is 11.7 Å². The summed E-state index contributed by atoms with van der Waals surface area (Å²) in [6, 6.07) is 5.82. The Bertz CT molecular complexity index is 656. The molecule has 1 aliphatic rings. The fourth-order valence-electron chi connectivity index (χ4n) is 2.88. The topological polar surface area (TPSA) is 59.2 Å². The highest BCUT2D eigenvalue weighted by Gasteiger charge is 2.26. The summed E-state index contributed by atoms with van der Waals surface area (Å²) in [5.74, 6) is -0.234. The number of piperidine rings is 1. The SMILES string of the molecule is Nc1ncc(CN2CCCC(C(=O)c3ccc(F)cc3)C2)s1. The fraction of sp³-hybridized carbons (Fsp3) is 0.375. The maximum atomic E-state index is 13.0. The molecule has 0 spiro atoms. The van der Waals surface area contributed by atoms with E-state index >= 15 is 0 Å². The van der Waals surface area contributed by atoms with Crippen LogP contribution < -0.4 is 5.73 Å². The number of benzene rings is 1. The van der Waals surface area contributed by atoms with Crippen LogP contribution in [-0.2, 0) is 6.54 Å². The third kappa shape index (κ3) is 3.51. The number of hydrogen-bond acceptors (Lipinski definition) is 5. The van der Waals surface area contributed by atoms with Crippen molar-refractivity contribution >= 4 is 22.3 Å². The third-order valence-electron chi connectivity index (χ3n) is 3.96. The lowest BCUT2D eigenvalue weighted by molar-refractivity contribution is 0.0812. The second-order valence-corrected chi connectivity index (χ2v) is 6.76. The molecule has 1 atom stereocenters. The van der Waals surface area contributed by atoms with Gasteiger partial charge in [0.1, 0.15) is 5.82 Å². The molecular formula is C16H18FN3OS. The molecule has 1 fully saturated rings. The minimum atomic E-state index is -0.315. The van der Waals surface area contributed by atoms with Gasteiger partial charge in [-0.1, -0.05) is 0 Å². The van der Waals surface area contributed by atoms with Crippen molar-refractivity contribution in [3.8, 4) is 0 Å². The van der Waals surface area contributed by atoms with E-state index in [4.69, 9.17) is 5.73 Å². The maximum absolute atomic E-state index is 13.0. The van der Waals surface area contributed by atoms with E-state index in [1.165, 1.54) is 23.5 Å². The van der Waals surface area contributed by atoms with Crippen LogP contribution in [0.5, 0.6) is 0 Å². The van der Waals surface area contributed by atoms with Gasteiger partial charge in [-0.2, -0.15) is 0 Å². The van der Waals surface area contributed by atoms with Gasteiger partial charge in [0.25, 0.3) is 0 Å². The second-order valence-electron chi connectivity index (χ2n) is 5.61. The average Bonchev–Trinajstić information content (AvgIpc) is 2.93. The molecule has 6 heteroatoms. The first-order valence-electron chi connectivity index (χ1n) is 7.34. The van der Waals surface area contributed by atoms with Gasteiger partial charge in [-0.15, -0.1) is 11.3 Å². The Morgan fingerprint density at radius 3 is 2.86 bits per heavy atom. The molecule has 2 aromatic rings. The lowest BCUT2D eigenvalue weighted by atomic mass is 9.90. The monoisotopic (exact) mass is 319 g/mol. The summed E-state index contributed by atoms with van der Waals surface area (Å²) in [4.78, 5) is 20.0. The van der Waals surface area contributed by atoms with Gasteiger partial charge in [0, 0.05) is 35.6 Å². The first-order valence-corrected chi connectivity index (χ1v) is 8.16. The summed E-state index contributed by atoms with van der Waals surface area (Å²) in [6.45, 7) is 2.49. The number of thiazole rings is 1. The Kier molecular flexibility index (Phi) is 4.49. The van der Waals surface area contributed by atoms with E-state index in [0.717, 1.165) is 37.4 Å². The molecule has 22 heavy (non-hydrogen) atoms. The van der Waals surface area contributed by atoms with Crippen molar-refractivity contribution in [3.63, 3.8) is 0 Å². The lowest BCUT2D eigenvalue weighted by Crippen LogP contribution is -2.38. The van der Waals surface area contributed by atoms with E-state index in [9.17, 15) is 9.18 Å². The van der Waals surface area contributed by atoms with Crippen LogP contribution in [0.3, 0.4) is 0 Å². The molecule has 3 rings (SSSR count). The zero-order chi connectivity index (χ0) is 15.5. The molecule has 0 radical (unpaired) electrons. The van der Waals surface area contributed by atoms with Gasteiger partial charge in [-0.25, -0.2) is 9.37 Å². The lowest BCUT2D eigenvalue weighted by Gasteiger charge is -2.31. The van der Waals surface area contributed by atoms with Crippen molar-refractivity contribution in [1.82, 2.24) is 9.88 Å². The summed E-state index contributed by atoms with van der Waals surface area (Å²) in [6.07, 6.45) is 3.68. The van der Waals surface area contributed by atoms with Gasteiger partial charge >= 0.3 is 0 Å². The molecule has 0 bridgehead atoms. The van der Waals surface area contributed by atoms with Gasteiger partial charge in [0.2, 0.25) is 0 Å². The van der Waals surface area contributed by atoms with Crippen molar-refractivity contribution in [1.29, 1.82) is 0 Å². The van der Waals surface area contributed by atoms with E-state index < -0.39 is 0 Å².